The van der Waals surface area contributed by atoms with E-state index < -0.39 is 0 Å². The van der Waals surface area contributed by atoms with Gasteiger partial charge in [-0.3, -0.25) is 4.79 Å². The molecule has 1 saturated heterocycles. The van der Waals surface area contributed by atoms with Gasteiger partial charge in [0, 0.05) is 24.7 Å². The maximum absolute atomic E-state index is 13.1. The third-order valence-electron chi connectivity index (χ3n) is 5.26. The molecule has 2 atom stereocenters. The molecule has 0 spiro atoms. The SMILES string of the molecule is CC(N)C1CCCN(C(=O)c2ccccc2CCc2ccccc2)C1. The van der Waals surface area contributed by atoms with Gasteiger partial charge in [-0.1, -0.05) is 48.5 Å². The van der Waals surface area contributed by atoms with Gasteiger partial charge in [0.05, 0.1) is 0 Å². The van der Waals surface area contributed by atoms with Crippen molar-refractivity contribution in [1.82, 2.24) is 4.90 Å². The maximum atomic E-state index is 13.1. The standard InChI is InChI=1S/C22H28N2O/c1-17(23)20-11-7-15-24(16-20)22(25)21-12-6-5-10-19(21)14-13-18-8-3-2-4-9-18/h2-6,8-10,12,17,20H,7,11,13-16,23H2,1H3. The lowest BCUT2D eigenvalue weighted by Crippen LogP contribution is -2.45. The molecule has 3 nitrogen and oxygen atoms in total. The van der Waals surface area contributed by atoms with Crippen molar-refractivity contribution in [2.75, 3.05) is 13.1 Å². The maximum Gasteiger partial charge on any atom is 0.254 e. The highest BCUT2D eigenvalue weighted by Crippen LogP contribution is 2.22. The molecule has 0 aliphatic carbocycles. The van der Waals surface area contributed by atoms with Gasteiger partial charge in [-0.2, -0.15) is 0 Å². The molecule has 2 aromatic rings. The molecule has 2 unspecified atom stereocenters. The van der Waals surface area contributed by atoms with E-state index in [-0.39, 0.29) is 11.9 Å². The van der Waals surface area contributed by atoms with Crippen molar-refractivity contribution in [3.8, 4) is 0 Å². The number of amides is 1. The van der Waals surface area contributed by atoms with E-state index >= 15 is 0 Å². The van der Waals surface area contributed by atoms with Crippen molar-refractivity contribution in [2.45, 2.75) is 38.6 Å². The summed E-state index contributed by atoms with van der Waals surface area (Å²) in [6.45, 7) is 3.67. The van der Waals surface area contributed by atoms with Crippen LogP contribution < -0.4 is 5.73 Å². The van der Waals surface area contributed by atoms with Crippen molar-refractivity contribution in [1.29, 1.82) is 0 Å². The lowest BCUT2D eigenvalue weighted by atomic mass is 9.91. The van der Waals surface area contributed by atoms with Gasteiger partial charge in [0.15, 0.2) is 0 Å². The Morgan fingerprint density at radius 2 is 1.84 bits per heavy atom. The monoisotopic (exact) mass is 336 g/mol. The lowest BCUT2D eigenvalue weighted by molar-refractivity contribution is 0.0660. The van der Waals surface area contributed by atoms with Gasteiger partial charge in [0.2, 0.25) is 0 Å². The Kier molecular flexibility index (Phi) is 5.87. The molecule has 2 N–H and O–H groups in total. The van der Waals surface area contributed by atoms with Gasteiger partial charge in [0.25, 0.3) is 5.91 Å². The topological polar surface area (TPSA) is 46.3 Å². The number of carbonyl (C=O) groups excluding carboxylic acids is 1. The van der Waals surface area contributed by atoms with E-state index in [0.717, 1.165) is 49.9 Å². The number of carbonyl (C=O) groups is 1. The van der Waals surface area contributed by atoms with Gasteiger partial charge in [-0.05, 0) is 55.7 Å². The highest BCUT2D eigenvalue weighted by Gasteiger charge is 2.27. The first kappa shape index (κ1) is 17.7. The van der Waals surface area contributed by atoms with E-state index in [9.17, 15) is 4.79 Å². The van der Waals surface area contributed by atoms with Crippen molar-refractivity contribution < 1.29 is 4.79 Å². The van der Waals surface area contributed by atoms with Crippen LogP contribution in [0, 0.1) is 5.92 Å². The Morgan fingerprint density at radius 3 is 2.60 bits per heavy atom. The first-order chi connectivity index (χ1) is 12.1. The van der Waals surface area contributed by atoms with Gasteiger partial charge in [0.1, 0.15) is 0 Å². The zero-order valence-electron chi connectivity index (χ0n) is 15.0. The molecule has 3 rings (SSSR count). The summed E-state index contributed by atoms with van der Waals surface area (Å²) in [5, 5.41) is 0. The van der Waals surface area contributed by atoms with Crippen LogP contribution in [0.2, 0.25) is 0 Å². The molecule has 132 valence electrons. The minimum atomic E-state index is 0.143. The summed E-state index contributed by atoms with van der Waals surface area (Å²) >= 11 is 0. The quantitative estimate of drug-likeness (QED) is 0.905. The zero-order chi connectivity index (χ0) is 17.6. The highest BCUT2D eigenvalue weighted by atomic mass is 16.2. The van der Waals surface area contributed by atoms with Gasteiger partial charge in [-0.15, -0.1) is 0 Å². The second kappa shape index (κ2) is 8.30. The van der Waals surface area contributed by atoms with Crippen LogP contribution >= 0.6 is 0 Å². The van der Waals surface area contributed by atoms with Crippen LogP contribution in [0.1, 0.15) is 41.3 Å². The summed E-state index contributed by atoms with van der Waals surface area (Å²) in [5.74, 6) is 0.572. The number of likely N-dealkylation sites (tertiary alicyclic amines) is 1. The summed E-state index contributed by atoms with van der Waals surface area (Å²) in [7, 11) is 0. The first-order valence-corrected chi connectivity index (χ1v) is 9.32. The van der Waals surface area contributed by atoms with Crippen LogP contribution in [0.3, 0.4) is 0 Å². The Labute approximate surface area is 150 Å². The fraction of sp³-hybridized carbons (Fsp3) is 0.409. The van der Waals surface area contributed by atoms with Crippen molar-refractivity contribution in [2.24, 2.45) is 11.7 Å². The summed E-state index contributed by atoms with van der Waals surface area (Å²) < 4.78 is 0. The molecule has 1 amide bonds. The molecule has 1 aliphatic rings. The number of hydrogen-bond acceptors (Lipinski definition) is 2. The number of nitrogens with zero attached hydrogens (tertiary/aromatic N) is 1. The number of hydrogen-bond donors (Lipinski definition) is 1. The van der Waals surface area contributed by atoms with E-state index in [1.807, 2.05) is 36.1 Å². The smallest absolute Gasteiger partial charge is 0.254 e. The van der Waals surface area contributed by atoms with Gasteiger partial charge in [-0.25, -0.2) is 0 Å². The van der Waals surface area contributed by atoms with Crippen LogP contribution in [0.25, 0.3) is 0 Å². The summed E-state index contributed by atoms with van der Waals surface area (Å²) in [6.07, 6.45) is 4.01. The van der Waals surface area contributed by atoms with Crippen LogP contribution in [-0.4, -0.2) is 29.9 Å². The number of benzene rings is 2. The fourth-order valence-corrected chi connectivity index (χ4v) is 3.66. The van der Waals surface area contributed by atoms with Crippen molar-refractivity contribution >= 4 is 5.91 Å². The molecule has 0 bridgehead atoms. The summed E-state index contributed by atoms with van der Waals surface area (Å²) in [5.41, 5.74) is 9.37. The number of aryl methyl sites for hydroxylation is 2. The van der Waals surface area contributed by atoms with Gasteiger partial charge >= 0.3 is 0 Å². The minimum Gasteiger partial charge on any atom is -0.338 e. The molecule has 3 heteroatoms. The Balaban J connectivity index is 1.72. The average Bonchev–Trinajstić information content (AvgIpc) is 2.67. The molecular formula is C22H28N2O. The van der Waals surface area contributed by atoms with Gasteiger partial charge < -0.3 is 10.6 Å². The lowest BCUT2D eigenvalue weighted by Gasteiger charge is -2.35. The normalized spacial score (nSPS) is 18.8. The molecule has 1 heterocycles. The zero-order valence-corrected chi connectivity index (χ0v) is 15.0. The summed E-state index contributed by atoms with van der Waals surface area (Å²) in [4.78, 5) is 15.1. The minimum absolute atomic E-state index is 0.143. The van der Waals surface area contributed by atoms with E-state index in [2.05, 4.69) is 30.3 Å². The third-order valence-corrected chi connectivity index (χ3v) is 5.26. The van der Waals surface area contributed by atoms with E-state index in [1.54, 1.807) is 0 Å². The summed E-state index contributed by atoms with van der Waals surface area (Å²) in [6, 6.07) is 18.6. The van der Waals surface area contributed by atoms with Crippen LogP contribution in [0.15, 0.2) is 54.6 Å². The number of piperidine rings is 1. The molecule has 1 aliphatic heterocycles. The predicted octanol–water partition coefficient (Wildman–Crippen LogP) is 3.67. The van der Waals surface area contributed by atoms with Crippen molar-refractivity contribution in [3.63, 3.8) is 0 Å². The molecular weight excluding hydrogens is 308 g/mol. The van der Waals surface area contributed by atoms with Crippen molar-refractivity contribution in [3.05, 3.63) is 71.3 Å². The number of rotatable bonds is 5. The largest absolute Gasteiger partial charge is 0.338 e. The Morgan fingerprint density at radius 1 is 1.12 bits per heavy atom. The molecule has 1 fully saturated rings. The Hall–Kier alpha value is -2.13. The van der Waals surface area contributed by atoms with E-state index in [0.29, 0.717) is 5.92 Å². The fourth-order valence-electron chi connectivity index (χ4n) is 3.66. The first-order valence-electron chi connectivity index (χ1n) is 9.32. The Bertz CT molecular complexity index is 696. The van der Waals surface area contributed by atoms with E-state index in [1.165, 1.54) is 5.56 Å². The molecule has 0 radical (unpaired) electrons. The third kappa shape index (κ3) is 4.49. The van der Waals surface area contributed by atoms with Crippen LogP contribution in [-0.2, 0) is 12.8 Å². The van der Waals surface area contributed by atoms with Crippen LogP contribution in [0.5, 0.6) is 0 Å². The average molecular weight is 336 g/mol. The van der Waals surface area contributed by atoms with E-state index in [4.69, 9.17) is 5.73 Å². The molecule has 0 aromatic heterocycles. The number of nitrogens with two attached hydrogens (primary N) is 1. The molecule has 2 aromatic carbocycles. The highest BCUT2D eigenvalue weighted by molar-refractivity contribution is 5.95. The molecule has 0 saturated carbocycles. The molecule has 25 heavy (non-hydrogen) atoms. The second-order valence-electron chi connectivity index (χ2n) is 7.16. The second-order valence-corrected chi connectivity index (χ2v) is 7.16. The van der Waals surface area contributed by atoms with Crippen LogP contribution in [0.4, 0.5) is 0 Å². The predicted molar refractivity (Wildman–Crippen MR) is 103 cm³/mol.